The average Bonchev–Trinajstić information content (AvgIpc) is 3.61. The van der Waals surface area contributed by atoms with Crippen LogP contribution in [0, 0.1) is 5.92 Å². The van der Waals surface area contributed by atoms with E-state index in [0.29, 0.717) is 25.0 Å². The zero-order chi connectivity index (χ0) is 25.8. The third-order valence-electron chi connectivity index (χ3n) is 7.17. The van der Waals surface area contributed by atoms with Crippen molar-refractivity contribution in [2.24, 2.45) is 13.0 Å². The van der Waals surface area contributed by atoms with Crippen molar-refractivity contribution in [3.8, 4) is 33.6 Å². The van der Waals surface area contributed by atoms with Gasteiger partial charge in [0.25, 0.3) is 0 Å². The van der Waals surface area contributed by atoms with Crippen molar-refractivity contribution in [3.05, 3.63) is 61.4 Å². The monoisotopic (exact) mass is 499 g/mol. The quantitative estimate of drug-likeness (QED) is 0.360. The summed E-state index contributed by atoms with van der Waals surface area (Å²) in [4.78, 5) is 23.7. The summed E-state index contributed by atoms with van der Waals surface area (Å²) in [7, 11) is 5.43. The van der Waals surface area contributed by atoms with Crippen LogP contribution >= 0.6 is 0 Å². The Kier molecular flexibility index (Phi) is 7.41. The van der Waals surface area contributed by atoms with Gasteiger partial charge in [0.1, 0.15) is 0 Å². The molecule has 0 radical (unpaired) electrons. The standard InChI is InChI=1S/C28H33N7O2/c1-33(11-12-37-3)28(36)20-7-9-26(10-8-20)35-19-25(17-32-35)23-14-29-27(30-15-23)22-6-4-5-21(13-22)24-16-31-34(2)18-24/h4-6,13-20,26H,7-12H2,1-3H3/t20-,26-. The minimum Gasteiger partial charge on any atom is -0.383 e. The third-order valence-corrected chi connectivity index (χ3v) is 7.17. The largest absolute Gasteiger partial charge is 0.383 e. The summed E-state index contributed by atoms with van der Waals surface area (Å²) in [6, 6.07) is 8.48. The number of hydrogen-bond donors (Lipinski definition) is 0. The average molecular weight is 500 g/mol. The van der Waals surface area contributed by atoms with E-state index in [1.54, 1.807) is 16.7 Å². The van der Waals surface area contributed by atoms with Crippen LogP contribution in [0.3, 0.4) is 0 Å². The molecule has 1 aromatic carbocycles. The second-order valence-electron chi connectivity index (χ2n) is 9.75. The molecule has 5 rings (SSSR count). The SMILES string of the molecule is COCCN(C)C(=O)[C@H]1CC[C@H](n2cc(-c3cnc(-c4cccc(-c5cnn(C)c5)c4)nc3)cn2)CC1. The zero-order valence-electron chi connectivity index (χ0n) is 21.6. The normalized spacial score (nSPS) is 17.6. The fraction of sp³-hybridized carbons (Fsp3) is 0.393. The van der Waals surface area contributed by atoms with Gasteiger partial charge in [-0.2, -0.15) is 10.2 Å². The van der Waals surface area contributed by atoms with Crippen LogP contribution in [-0.4, -0.2) is 67.6 Å². The number of aryl methyl sites for hydroxylation is 1. The molecule has 1 fully saturated rings. The van der Waals surface area contributed by atoms with Gasteiger partial charge >= 0.3 is 0 Å². The first kappa shape index (κ1) is 24.8. The van der Waals surface area contributed by atoms with Crippen LogP contribution < -0.4 is 0 Å². The molecule has 37 heavy (non-hydrogen) atoms. The molecule has 9 heteroatoms. The molecule has 1 amide bonds. The van der Waals surface area contributed by atoms with Crippen LogP contribution in [0.15, 0.2) is 61.4 Å². The second-order valence-corrected chi connectivity index (χ2v) is 9.75. The fourth-order valence-electron chi connectivity index (χ4n) is 4.96. The molecule has 0 N–H and O–H groups in total. The minimum atomic E-state index is 0.0886. The van der Waals surface area contributed by atoms with E-state index < -0.39 is 0 Å². The number of benzene rings is 1. The maximum Gasteiger partial charge on any atom is 0.225 e. The van der Waals surface area contributed by atoms with Gasteiger partial charge in [-0.05, 0) is 37.3 Å². The number of carbonyl (C=O) groups excluding carboxylic acids is 1. The van der Waals surface area contributed by atoms with Crippen LogP contribution in [0.25, 0.3) is 33.6 Å². The Bertz CT molecular complexity index is 1340. The first-order chi connectivity index (χ1) is 18.0. The summed E-state index contributed by atoms with van der Waals surface area (Å²) in [5, 5.41) is 8.89. The number of likely N-dealkylation sites (N-methyl/N-ethyl adjacent to an activating group) is 1. The molecule has 0 spiro atoms. The molecule has 1 aliphatic carbocycles. The number of methoxy groups -OCH3 is 1. The fourth-order valence-corrected chi connectivity index (χ4v) is 4.96. The molecule has 0 bridgehead atoms. The molecule has 0 aliphatic heterocycles. The number of ether oxygens (including phenoxy) is 1. The van der Waals surface area contributed by atoms with Crippen molar-refractivity contribution >= 4 is 5.91 Å². The van der Waals surface area contributed by atoms with Gasteiger partial charge in [-0.1, -0.05) is 18.2 Å². The van der Waals surface area contributed by atoms with E-state index >= 15 is 0 Å². The predicted molar refractivity (Wildman–Crippen MR) is 141 cm³/mol. The van der Waals surface area contributed by atoms with Gasteiger partial charge in [0.05, 0.1) is 25.0 Å². The molecule has 0 saturated heterocycles. The lowest BCUT2D eigenvalue weighted by molar-refractivity contribution is -0.136. The Balaban J connectivity index is 1.22. The Morgan fingerprint density at radius 3 is 2.35 bits per heavy atom. The highest BCUT2D eigenvalue weighted by Crippen LogP contribution is 2.34. The predicted octanol–water partition coefficient (Wildman–Crippen LogP) is 4.24. The summed E-state index contributed by atoms with van der Waals surface area (Å²) in [6.07, 6.45) is 15.1. The summed E-state index contributed by atoms with van der Waals surface area (Å²) in [5.74, 6) is 0.992. The van der Waals surface area contributed by atoms with Crippen LogP contribution in [0.1, 0.15) is 31.7 Å². The van der Waals surface area contributed by atoms with E-state index in [1.165, 1.54) is 0 Å². The lowest BCUT2D eigenvalue weighted by atomic mass is 9.85. The molecule has 3 aromatic heterocycles. The van der Waals surface area contributed by atoms with Crippen LogP contribution in [0.5, 0.6) is 0 Å². The van der Waals surface area contributed by atoms with Crippen molar-refractivity contribution in [3.63, 3.8) is 0 Å². The number of carbonyl (C=O) groups is 1. The van der Waals surface area contributed by atoms with Crippen molar-refractivity contribution < 1.29 is 9.53 Å². The summed E-state index contributed by atoms with van der Waals surface area (Å²) in [5.41, 5.74) is 5.03. The van der Waals surface area contributed by atoms with E-state index in [-0.39, 0.29) is 11.8 Å². The van der Waals surface area contributed by atoms with Gasteiger partial charge < -0.3 is 9.64 Å². The highest BCUT2D eigenvalue weighted by atomic mass is 16.5. The molecule has 0 atom stereocenters. The van der Waals surface area contributed by atoms with Crippen molar-refractivity contribution in [2.45, 2.75) is 31.7 Å². The molecule has 9 nitrogen and oxygen atoms in total. The third kappa shape index (κ3) is 5.61. The summed E-state index contributed by atoms with van der Waals surface area (Å²) in [6.45, 7) is 1.20. The van der Waals surface area contributed by atoms with Gasteiger partial charge in [0.15, 0.2) is 5.82 Å². The van der Waals surface area contributed by atoms with Gasteiger partial charge in [-0.15, -0.1) is 0 Å². The lowest BCUT2D eigenvalue weighted by Crippen LogP contribution is -2.37. The number of amides is 1. The maximum atomic E-state index is 12.7. The van der Waals surface area contributed by atoms with Crippen molar-refractivity contribution in [1.82, 2.24) is 34.4 Å². The molecule has 4 aromatic rings. The topological polar surface area (TPSA) is 91.0 Å². The lowest BCUT2D eigenvalue weighted by Gasteiger charge is -2.30. The van der Waals surface area contributed by atoms with Crippen molar-refractivity contribution in [1.29, 1.82) is 0 Å². The number of nitrogens with zero attached hydrogens (tertiary/aromatic N) is 7. The van der Waals surface area contributed by atoms with E-state index in [0.717, 1.165) is 53.5 Å². The van der Waals surface area contributed by atoms with E-state index in [9.17, 15) is 4.79 Å². The molecule has 1 aliphatic rings. The van der Waals surface area contributed by atoms with Crippen molar-refractivity contribution in [2.75, 3.05) is 27.3 Å². The Morgan fingerprint density at radius 1 is 0.946 bits per heavy atom. The Labute approximate surface area is 217 Å². The van der Waals surface area contributed by atoms with Gasteiger partial charge in [0.2, 0.25) is 5.91 Å². The number of hydrogen-bond acceptors (Lipinski definition) is 6. The number of aromatic nitrogens is 6. The first-order valence-electron chi connectivity index (χ1n) is 12.7. The van der Waals surface area contributed by atoms with Gasteiger partial charge in [0, 0.05) is 80.7 Å². The highest BCUT2D eigenvalue weighted by molar-refractivity contribution is 5.78. The zero-order valence-corrected chi connectivity index (χ0v) is 21.6. The van der Waals surface area contributed by atoms with Gasteiger partial charge in [-0.3, -0.25) is 14.2 Å². The van der Waals surface area contributed by atoms with Crippen LogP contribution in [0.2, 0.25) is 0 Å². The molecular formula is C28H33N7O2. The summed E-state index contributed by atoms with van der Waals surface area (Å²) >= 11 is 0. The van der Waals surface area contributed by atoms with E-state index in [1.807, 2.05) is 61.9 Å². The smallest absolute Gasteiger partial charge is 0.225 e. The molecule has 1 saturated carbocycles. The van der Waals surface area contributed by atoms with E-state index in [4.69, 9.17) is 4.74 Å². The molecule has 192 valence electrons. The first-order valence-corrected chi connectivity index (χ1v) is 12.7. The highest BCUT2D eigenvalue weighted by Gasteiger charge is 2.29. The molecular weight excluding hydrogens is 466 g/mol. The Morgan fingerprint density at radius 2 is 1.65 bits per heavy atom. The minimum absolute atomic E-state index is 0.0886. The van der Waals surface area contributed by atoms with Gasteiger partial charge in [-0.25, -0.2) is 9.97 Å². The van der Waals surface area contributed by atoms with E-state index in [2.05, 4.69) is 38.5 Å². The summed E-state index contributed by atoms with van der Waals surface area (Å²) < 4.78 is 8.93. The van der Waals surface area contributed by atoms with Crippen LogP contribution in [-0.2, 0) is 16.6 Å². The van der Waals surface area contributed by atoms with Crippen LogP contribution in [0.4, 0.5) is 0 Å². The molecule has 0 unspecified atom stereocenters. The Hall–Kier alpha value is -3.85. The molecule has 3 heterocycles. The second kappa shape index (κ2) is 11.0. The number of rotatable bonds is 8. The maximum absolute atomic E-state index is 12.7.